The lowest BCUT2D eigenvalue weighted by atomic mass is 10.1. The number of rotatable bonds is 14. The van der Waals surface area contributed by atoms with Gasteiger partial charge in [0.2, 0.25) is 0 Å². The maximum Gasteiger partial charge on any atom is 0.359 e. The lowest BCUT2D eigenvalue weighted by Crippen LogP contribution is -2.56. The van der Waals surface area contributed by atoms with Crippen LogP contribution >= 0.6 is 0 Å². The van der Waals surface area contributed by atoms with Crippen molar-refractivity contribution in [3.8, 4) is 0 Å². The Morgan fingerprint density at radius 1 is 1.05 bits per heavy atom. The van der Waals surface area contributed by atoms with Crippen LogP contribution in [0.5, 0.6) is 0 Å². The predicted octanol–water partition coefficient (Wildman–Crippen LogP) is 3.60. The minimum Gasteiger partial charge on any atom is -0.477 e. The SMILES string of the molecule is CCC/C=C/CC(O)C[N+](CCCC)(CCCC)CC(=O)O. The van der Waals surface area contributed by atoms with Crippen LogP contribution in [0.4, 0.5) is 0 Å². The molecule has 0 amide bonds. The smallest absolute Gasteiger partial charge is 0.359 e. The maximum absolute atomic E-state index is 11.3. The summed E-state index contributed by atoms with van der Waals surface area (Å²) < 4.78 is 0.514. The van der Waals surface area contributed by atoms with Crippen LogP contribution < -0.4 is 0 Å². The van der Waals surface area contributed by atoms with Crippen LogP contribution in [-0.4, -0.2) is 52.9 Å². The number of nitrogens with zero attached hydrogens (tertiary/aromatic N) is 1. The van der Waals surface area contributed by atoms with Crippen molar-refractivity contribution >= 4 is 5.97 Å². The second kappa shape index (κ2) is 12.7. The summed E-state index contributed by atoms with van der Waals surface area (Å²) in [7, 11) is 0. The topological polar surface area (TPSA) is 57.5 Å². The number of carboxylic acid groups (broad SMARTS) is 1. The molecule has 1 unspecified atom stereocenters. The summed E-state index contributed by atoms with van der Waals surface area (Å²) in [6, 6.07) is 0. The van der Waals surface area contributed by atoms with E-state index in [2.05, 4.69) is 26.8 Å². The highest BCUT2D eigenvalue weighted by molar-refractivity contribution is 5.67. The molecule has 4 nitrogen and oxygen atoms in total. The Morgan fingerprint density at radius 3 is 2.09 bits per heavy atom. The number of aliphatic hydroxyl groups excluding tert-OH is 1. The zero-order valence-corrected chi connectivity index (χ0v) is 14.8. The van der Waals surface area contributed by atoms with Gasteiger partial charge in [-0.2, -0.15) is 0 Å². The molecule has 0 aliphatic heterocycles. The van der Waals surface area contributed by atoms with Gasteiger partial charge in [0.25, 0.3) is 0 Å². The van der Waals surface area contributed by atoms with E-state index < -0.39 is 12.1 Å². The molecule has 0 aromatic rings. The first-order valence-corrected chi connectivity index (χ1v) is 8.89. The number of allylic oxidation sites excluding steroid dienone is 1. The second-order valence-corrected chi connectivity index (χ2v) is 6.38. The first-order chi connectivity index (χ1) is 10.5. The number of hydrogen-bond acceptors (Lipinski definition) is 2. The van der Waals surface area contributed by atoms with E-state index in [0.29, 0.717) is 17.4 Å². The number of hydrogen-bond donors (Lipinski definition) is 2. The molecule has 0 rings (SSSR count). The highest BCUT2D eigenvalue weighted by Crippen LogP contribution is 2.15. The molecule has 0 spiro atoms. The lowest BCUT2D eigenvalue weighted by molar-refractivity contribution is -0.924. The monoisotopic (exact) mass is 314 g/mol. The fraction of sp³-hybridized carbons (Fsp3) is 0.833. The van der Waals surface area contributed by atoms with Crippen molar-refractivity contribution in [3.63, 3.8) is 0 Å². The quantitative estimate of drug-likeness (QED) is 0.380. The standard InChI is InChI=1S/C18H35NO3/c1-4-7-10-11-12-17(20)15-19(13-8-5-2,14-9-6-3)16-18(21)22/h10-11,17,20H,4-9,12-16H2,1-3H3/p+1/b11-10+. The number of aliphatic carboxylic acids is 1. The van der Waals surface area contributed by atoms with Crippen molar-refractivity contribution in [3.05, 3.63) is 12.2 Å². The van der Waals surface area contributed by atoms with Crippen molar-refractivity contribution in [2.75, 3.05) is 26.2 Å². The van der Waals surface area contributed by atoms with Crippen LogP contribution in [0.3, 0.4) is 0 Å². The molecular formula is C18H36NO3+. The zero-order valence-electron chi connectivity index (χ0n) is 14.8. The van der Waals surface area contributed by atoms with Crippen molar-refractivity contribution in [1.82, 2.24) is 0 Å². The first-order valence-electron chi connectivity index (χ1n) is 8.89. The number of unbranched alkanes of at least 4 members (excludes halogenated alkanes) is 3. The molecule has 4 heteroatoms. The van der Waals surface area contributed by atoms with E-state index in [1.54, 1.807) is 0 Å². The zero-order chi connectivity index (χ0) is 16.8. The third-order valence-electron chi connectivity index (χ3n) is 4.07. The molecule has 0 heterocycles. The summed E-state index contributed by atoms with van der Waals surface area (Å²) >= 11 is 0. The van der Waals surface area contributed by atoms with Crippen LogP contribution in [0, 0.1) is 0 Å². The van der Waals surface area contributed by atoms with Crippen molar-refractivity contribution < 1.29 is 19.5 Å². The highest BCUT2D eigenvalue weighted by atomic mass is 16.4. The summed E-state index contributed by atoms with van der Waals surface area (Å²) in [5, 5.41) is 19.6. The van der Waals surface area contributed by atoms with Gasteiger partial charge in [0.1, 0.15) is 12.6 Å². The Labute approximate surface area is 136 Å². The van der Waals surface area contributed by atoms with Gasteiger partial charge in [0.15, 0.2) is 6.54 Å². The Hall–Kier alpha value is -0.870. The Morgan fingerprint density at radius 2 is 1.64 bits per heavy atom. The summed E-state index contributed by atoms with van der Waals surface area (Å²) in [5.41, 5.74) is 0. The fourth-order valence-corrected chi connectivity index (χ4v) is 2.85. The van der Waals surface area contributed by atoms with Crippen LogP contribution in [0.2, 0.25) is 0 Å². The van der Waals surface area contributed by atoms with Gasteiger partial charge in [-0.05, 0) is 25.7 Å². The third-order valence-corrected chi connectivity index (χ3v) is 4.07. The van der Waals surface area contributed by atoms with Crippen molar-refractivity contribution in [1.29, 1.82) is 0 Å². The Kier molecular flexibility index (Phi) is 12.2. The number of carboxylic acids is 1. The molecule has 1 atom stereocenters. The van der Waals surface area contributed by atoms with E-state index in [1.165, 1.54) is 0 Å². The van der Waals surface area contributed by atoms with E-state index in [-0.39, 0.29) is 6.54 Å². The predicted molar refractivity (Wildman–Crippen MR) is 91.9 cm³/mol. The van der Waals surface area contributed by atoms with Crippen LogP contribution in [0.15, 0.2) is 12.2 Å². The van der Waals surface area contributed by atoms with Crippen molar-refractivity contribution in [2.24, 2.45) is 0 Å². The van der Waals surface area contributed by atoms with Gasteiger partial charge in [0, 0.05) is 0 Å². The molecule has 0 saturated carbocycles. The van der Waals surface area contributed by atoms with Gasteiger partial charge < -0.3 is 14.7 Å². The molecule has 0 aliphatic rings. The molecule has 0 aromatic heterocycles. The molecule has 130 valence electrons. The van der Waals surface area contributed by atoms with Crippen LogP contribution in [0.25, 0.3) is 0 Å². The molecule has 0 aromatic carbocycles. The minimum absolute atomic E-state index is 0.121. The largest absolute Gasteiger partial charge is 0.477 e. The second-order valence-electron chi connectivity index (χ2n) is 6.38. The molecule has 22 heavy (non-hydrogen) atoms. The normalized spacial score (nSPS) is 13.6. The van der Waals surface area contributed by atoms with Crippen LogP contribution in [-0.2, 0) is 4.79 Å². The fourth-order valence-electron chi connectivity index (χ4n) is 2.85. The highest BCUT2D eigenvalue weighted by Gasteiger charge is 2.31. The van der Waals surface area contributed by atoms with Gasteiger partial charge in [0.05, 0.1) is 13.1 Å². The van der Waals surface area contributed by atoms with Gasteiger partial charge >= 0.3 is 5.97 Å². The molecule has 2 N–H and O–H groups in total. The van der Waals surface area contributed by atoms with Gasteiger partial charge in [-0.15, -0.1) is 0 Å². The Bertz CT molecular complexity index is 307. The molecular weight excluding hydrogens is 278 g/mol. The number of quaternary nitrogens is 1. The summed E-state index contributed by atoms with van der Waals surface area (Å²) in [6.45, 7) is 8.74. The summed E-state index contributed by atoms with van der Waals surface area (Å²) in [4.78, 5) is 11.3. The minimum atomic E-state index is -0.763. The van der Waals surface area contributed by atoms with Gasteiger partial charge in [-0.3, -0.25) is 0 Å². The van der Waals surface area contributed by atoms with Gasteiger partial charge in [-0.25, -0.2) is 4.79 Å². The number of carbonyl (C=O) groups is 1. The average Bonchev–Trinajstić information content (AvgIpc) is 2.47. The van der Waals surface area contributed by atoms with Gasteiger partial charge in [-0.1, -0.05) is 52.2 Å². The van der Waals surface area contributed by atoms with E-state index in [4.69, 9.17) is 0 Å². The first kappa shape index (κ1) is 21.1. The molecule has 0 bridgehead atoms. The summed E-state index contributed by atoms with van der Waals surface area (Å²) in [6.07, 6.45) is 10.6. The maximum atomic E-state index is 11.3. The average molecular weight is 314 g/mol. The van der Waals surface area contributed by atoms with E-state index >= 15 is 0 Å². The Balaban J connectivity index is 4.79. The van der Waals surface area contributed by atoms with Crippen LogP contribution in [0.1, 0.15) is 65.7 Å². The lowest BCUT2D eigenvalue weighted by Gasteiger charge is -2.39. The molecule has 0 fully saturated rings. The molecule has 0 saturated heterocycles. The summed E-state index contributed by atoms with van der Waals surface area (Å²) in [5.74, 6) is -0.763. The van der Waals surface area contributed by atoms with E-state index in [0.717, 1.165) is 51.6 Å². The van der Waals surface area contributed by atoms with E-state index in [9.17, 15) is 15.0 Å². The number of aliphatic hydroxyl groups is 1. The third kappa shape index (κ3) is 9.96. The van der Waals surface area contributed by atoms with Crippen molar-refractivity contribution in [2.45, 2.75) is 71.8 Å². The molecule has 0 aliphatic carbocycles. The van der Waals surface area contributed by atoms with E-state index in [1.807, 2.05) is 6.08 Å². The molecule has 0 radical (unpaired) electrons.